The number of hydrogen-bond acceptors (Lipinski definition) is 2. The molecule has 33 heavy (non-hydrogen) atoms. The minimum absolute atomic E-state index is 0.185. The number of rotatable bonds is 7. The molecule has 0 aliphatic heterocycles. The molecule has 0 saturated carbocycles. The highest BCUT2D eigenvalue weighted by Crippen LogP contribution is 2.37. The Morgan fingerprint density at radius 3 is 2.09 bits per heavy atom. The molecule has 0 aliphatic carbocycles. The molecular formula is C29H23Cl2NO. The molecule has 0 saturated heterocycles. The molecule has 2 atom stereocenters. The second kappa shape index (κ2) is 10.7. The molecule has 164 valence electrons. The van der Waals surface area contributed by atoms with Crippen molar-refractivity contribution in [3.8, 4) is 28.3 Å². The lowest BCUT2D eigenvalue weighted by molar-refractivity contribution is 0.144. The van der Waals surface area contributed by atoms with Crippen molar-refractivity contribution < 1.29 is 5.11 Å². The lowest BCUT2D eigenvalue weighted by Crippen LogP contribution is -2.22. The van der Waals surface area contributed by atoms with Gasteiger partial charge in [0.1, 0.15) is 0 Å². The van der Waals surface area contributed by atoms with E-state index in [-0.39, 0.29) is 12.3 Å². The van der Waals surface area contributed by atoms with Gasteiger partial charge >= 0.3 is 0 Å². The maximum atomic E-state index is 11.4. The summed E-state index contributed by atoms with van der Waals surface area (Å²) in [5.74, 6) is -0.387. The highest BCUT2D eigenvalue weighted by molar-refractivity contribution is 6.31. The van der Waals surface area contributed by atoms with Gasteiger partial charge in [-0.1, -0.05) is 96.0 Å². The Bertz CT molecular complexity index is 1260. The fourth-order valence-electron chi connectivity index (χ4n) is 4.25. The predicted molar refractivity (Wildman–Crippen MR) is 136 cm³/mol. The molecule has 4 rings (SSSR count). The molecule has 0 amide bonds. The van der Waals surface area contributed by atoms with Crippen molar-refractivity contribution in [1.82, 2.24) is 0 Å². The SMILES string of the molecule is N#CCC(c1cc(Cl)ccc1-c1ccccc1)C(O)Cc1ccccc1-c1ccc(Cl)cc1. The molecule has 0 aliphatic rings. The summed E-state index contributed by atoms with van der Waals surface area (Å²) in [5.41, 5.74) is 5.97. The molecule has 0 radical (unpaired) electrons. The summed E-state index contributed by atoms with van der Waals surface area (Å²) < 4.78 is 0. The molecule has 0 spiro atoms. The Balaban J connectivity index is 1.71. The maximum Gasteiger partial charge on any atom is 0.0659 e. The summed E-state index contributed by atoms with van der Waals surface area (Å²) in [5, 5.41) is 22.3. The van der Waals surface area contributed by atoms with Crippen molar-refractivity contribution in [2.75, 3.05) is 0 Å². The number of halogens is 2. The van der Waals surface area contributed by atoms with Gasteiger partial charge in [0.2, 0.25) is 0 Å². The first-order valence-corrected chi connectivity index (χ1v) is 11.6. The van der Waals surface area contributed by atoms with Crippen LogP contribution in [0.1, 0.15) is 23.5 Å². The first kappa shape index (κ1) is 23.1. The first-order chi connectivity index (χ1) is 16.1. The van der Waals surface area contributed by atoms with Crippen molar-refractivity contribution in [3.05, 3.63) is 118 Å². The summed E-state index contributed by atoms with van der Waals surface area (Å²) in [6, 6.07) is 33.6. The van der Waals surface area contributed by atoms with Gasteiger partial charge in [-0.3, -0.25) is 0 Å². The lowest BCUT2D eigenvalue weighted by Gasteiger charge is -2.25. The van der Waals surface area contributed by atoms with Gasteiger partial charge in [-0.05, 0) is 64.1 Å². The monoisotopic (exact) mass is 471 g/mol. The largest absolute Gasteiger partial charge is 0.392 e. The number of aliphatic hydroxyl groups is 1. The van der Waals surface area contributed by atoms with Gasteiger partial charge in [-0.15, -0.1) is 0 Å². The number of nitrogens with zero attached hydrogens (tertiary/aromatic N) is 1. The van der Waals surface area contributed by atoms with Gasteiger partial charge in [0.15, 0.2) is 0 Å². The van der Waals surface area contributed by atoms with Crippen LogP contribution in [0.2, 0.25) is 10.0 Å². The van der Waals surface area contributed by atoms with E-state index in [2.05, 4.69) is 6.07 Å². The van der Waals surface area contributed by atoms with E-state index in [0.717, 1.165) is 33.4 Å². The van der Waals surface area contributed by atoms with Crippen molar-refractivity contribution >= 4 is 23.2 Å². The Kier molecular flexibility index (Phi) is 7.47. The zero-order chi connectivity index (χ0) is 23.2. The number of hydrogen-bond donors (Lipinski definition) is 1. The van der Waals surface area contributed by atoms with Gasteiger partial charge in [0, 0.05) is 22.4 Å². The van der Waals surface area contributed by atoms with Crippen LogP contribution in [-0.2, 0) is 6.42 Å². The first-order valence-electron chi connectivity index (χ1n) is 10.8. The van der Waals surface area contributed by atoms with E-state index >= 15 is 0 Å². The summed E-state index contributed by atoms with van der Waals surface area (Å²) in [6.45, 7) is 0. The fraction of sp³-hybridized carbons (Fsp3) is 0.138. The van der Waals surface area contributed by atoms with E-state index in [4.69, 9.17) is 23.2 Å². The number of benzene rings is 4. The van der Waals surface area contributed by atoms with Crippen LogP contribution in [0.15, 0.2) is 97.1 Å². The summed E-state index contributed by atoms with van der Waals surface area (Å²) in [6.07, 6.45) is -0.171. The molecule has 1 N–H and O–H groups in total. The van der Waals surface area contributed by atoms with E-state index in [0.29, 0.717) is 16.5 Å². The third-order valence-electron chi connectivity index (χ3n) is 5.88. The topological polar surface area (TPSA) is 44.0 Å². The van der Waals surface area contributed by atoms with Gasteiger partial charge in [0.25, 0.3) is 0 Å². The quantitative estimate of drug-likeness (QED) is 0.297. The summed E-state index contributed by atoms with van der Waals surface area (Å²) in [4.78, 5) is 0. The molecule has 0 fully saturated rings. The minimum Gasteiger partial charge on any atom is -0.392 e. The second-order valence-electron chi connectivity index (χ2n) is 8.00. The molecule has 2 nitrogen and oxygen atoms in total. The van der Waals surface area contributed by atoms with Crippen LogP contribution in [0.25, 0.3) is 22.3 Å². The average Bonchev–Trinajstić information content (AvgIpc) is 2.84. The van der Waals surface area contributed by atoms with Crippen LogP contribution in [0.4, 0.5) is 0 Å². The average molecular weight is 472 g/mol. The van der Waals surface area contributed by atoms with Crippen LogP contribution in [0.3, 0.4) is 0 Å². The predicted octanol–water partition coefficient (Wildman–Crippen LogP) is 7.93. The summed E-state index contributed by atoms with van der Waals surface area (Å²) >= 11 is 12.4. The normalized spacial score (nSPS) is 12.7. The molecule has 4 aromatic rings. The Hall–Kier alpha value is -3.09. The van der Waals surface area contributed by atoms with Crippen molar-refractivity contribution in [2.24, 2.45) is 0 Å². The van der Waals surface area contributed by atoms with Crippen molar-refractivity contribution in [2.45, 2.75) is 24.9 Å². The Morgan fingerprint density at radius 2 is 1.36 bits per heavy atom. The minimum atomic E-state index is -0.765. The van der Waals surface area contributed by atoms with Crippen molar-refractivity contribution in [3.63, 3.8) is 0 Å². The van der Waals surface area contributed by atoms with Gasteiger partial charge in [0.05, 0.1) is 12.2 Å². The number of nitriles is 1. The fourth-order valence-corrected chi connectivity index (χ4v) is 4.56. The second-order valence-corrected chi connectivity index (χ2v) is 8.87. The summed E-state index contributed by atoms with van der Waals surface area (Å²) in [7, 11) is 0. The molecule has 4 aromatic carbocycles. The molecule has 0 bridgehead atoms. The molecule has 4 heteroatoms. The van der Waals surface area contributed by atoms with Crippen LogP contribution < -0.4 is 0 Å². The van der Waals surface area contributed by atoms with Crippen LogP contribution >= 0.6 is 23.2 Å². The number of aliphatic hydroxyl groups excluding tert-OH is 1. The molecular weight excluding hydrogens is 449 g/mol. The third-order valence-corrected chi connectivity index (χ3v) is 6.36. The highest BCUT2D eigenvalue weighted by Gasteiger charge is 2.25. The van der Waals surface area contributed by atoms with E-state index in [1.807, 2.05) is 97.1 Å². The maximum absolute atomic E-state index is 11.4. The lowest BCUT2D eigenvalue weighted by atomic mass is 9.82. The zero-order valence-electron chi connectivity index (χ0n) is 18.0. The Labute approximate surface area is 204 Å². The molecule has 2 unspecified atom stereocenters. The molecule has 0 aromatic heterocycles. The van der Waals surface area contributed by atoms with Gasteiger partial charge < -0.3 is 5.11 Å². The van der Waals surface area contributed by atoms with E-state index in [9.17, 15) is 10.4 Å². The van der Waals surface area contributed by atoms with Gasteiger partial charge in [-0.2, -0.15) is 5.26 Å². The Morgan fingerprint density at radius 1 is 0.727 bits per heavy atom. The van der Waals surface area contributed by atoms with Gasteiger partial charge in [-0.25, -0.2) is 0 Å². The standard InChI is InChI=1S/C29H23Cl2NO/c30-23-12-10-21(11-13-23)25-9-5-4-8-22(25)18-29(33)27(16-17-32)28-19-24(31)14-15-26(28)20-6-2-1-3-7-20/h1-15,19,27,29,33H,16,18H2. The van der Waals surface area contributed by atoms with E-state index in [1.54, 1.807) is 0 Å². The molecule has 0 heterocycles. The van der Waals surface area contributed by atoms with E-state index < -0.39 is 6.10 Å². The smallest absolute Gasteiger partial charge is 0.0659 e. The van der Waals surface area contributed by atoms with Crippen LogP contribution in [0, 0.1) is 11.3 Å². The van der Waals surface area contributed by atoms with Crippen molar-refractivity contribution in [1.29, 1.82) is 5.26 Å². The third kappa shape index (κ3) is 5.46. The van der Waals surface area contributed by atoms with E-state index in [1.165, 1.54) is 0 Å². The highest BCUT2D eigenvalue weighted by atomic mass is 35.5. The zero-order valence-corrected chi connectivity index (χ0v) is 19.5. The van der Waals surface area contributed by atoms with Crippen LogP contribution in [-0.4, -0.2) is 11.2 Å². The van der Waals surface area contributed by atoms with Crippen LogP contribution in [0.5, 0.6) is 0 Å².